The van der Waals surface area contributed by atoms with Gasteiger partial charge in [0, 0.05) is 50.9 Å². The molecule has 1 heterocycles. The number of morpholine rings is 1. The maximum absolute atomic E-state index is 12.1. The Bertz CT molecular complexity index is 716. The second-order valence-corrected chi connectivity index (χ2v) is 8.22. The highest BCUT2D eigenvalue weighted by molar-refractivity contribution is 14.0. The number of hydrogen-bond acceptors (Lipinski definition) is 4. The SMILES string of the molecule is CCNC(=O)c1cccc(CNC(=NC)NCC2(N3CCOCC3)CCCCC2)c1.I. The third-order valence-electron chi connectivity index (χ3n) is 6.26. The molecule has 1 aliphatic heterocycles. The molecular formula is C23H38IN5O2. The van der Waals surface area contributed by atoms with E-state index >= 15 is 0 Å². The van der Waals surface area contributed by atoms with E-state index in [1.807, 2.05) is 38.2 Å². The van der Waals surface area contributed by atoms with Crippen LogP contribution in [0.25, 0.3) is 0 Å². The highest BCUT2D eigenvalue weighted by atomic mass is 127. The summed E-state index contributed by atoms with van der Waals surface area (Å²) in [5.74, 6) is 0.767. The van der Waals surface area contributed by atoms with E-state index in [2.05, 4.69) is 25.8 Å². The van der Waals surface area contributed by atoms with Crippen molar-refractivity contribution in [1.82, 2.24) is 20.9 Å². The van der Waals surface area contributed by atoms with E-state index in [1.54, 1.807) is 0 Å². The average molecular weight is 543 g/mol. The Balaban J connectivity index is 0.00000341. The fourth-order valence-corrected chi connectivity index (χ4v) is 4.59. The van der Waals surface area contributed by atoms with Crippen LogP contribution >= 0.6 is 24.0 Å². The topological polar surface area (TPSA) is 78.0 Å². The Morgan fingerprint density at radius 3 is 2.55 bits per heavy atom. The van der Waals surface area contributed by atoms with Gasteiger partial charge in [-0.3, -0.25) is 14.7 Å². The molecule has 1 aromatic rings. The van der Waals surface area contributed by atoms with Crippen molar-refractivity contribution in [1.29, 1.82) is 0 Å². The Morgan fingerprint density at radius 1 is 1.13 bits per heavy atom. The normalized spacial score (nSPS) is 19.2. The van der Waals surface area contributed by atoms with E-state index in [-0.39, 0.29) is 35.4 Å². The predicted octanol–water partition coefficient (Wildman–Crippen LogP) is 2.75. The summed E-state index contributed by atoms with van der Waals surface area (Å²) >= 11 is 0. The summed E-state index contributed by atoms with van der Waals surface area (Å²) in [6, 6.07) is 7.73. The lowest BCUT2D eigenvalue weighted by molar-refractivity contribution is -0.0352. The second kappa shape index (κ2) is 13.2. The van der Waals surface area contributed by atoms with E-state index in [4.69, 9.17) is 4.74 Å². The van der Waals surface area contributed by atoms with Gasteiger partial charge in [-0.25, -0.2) is 0 Å². The maximum Gasteiger partial charge on any atom is 0.251 e. The van der Waals surface area contributed by atoms with Gasteiger partial charge in [-0.2, -0.15) is 0 Å². The van der Waals surface area contributed by atoms with Crippen molar-refractivity contribution in [2.45, 2.75) is 51.1 Å². The summed E-state index contributed by atoms with van der Waals surface area (Å²) in [7, 11) is 1.81. The molecule has 8 heteroatoms. The van der Waals surface area contributed by atoms with Crippen LogP contribution in [0.2, 0.25) is 0 Å². The number of nitrogens with one attached hydrogen (secondary N) is 3. The number of hydrogen-bond donors (Lipinski definition) is 3. The molecular weight excluding hydrogens is 505 g/mol. The second-order valence-electron chi connectivity index (χ2n) is 8.22. The number of benzene rings is 1. The van der Waals surface area contributed by atoms with Crippen molar-refractivity contribution in [3.63, 3.8) is 0 Å². The van der Waals surface area contributed by atoms with Gasteiger partial charge in [-0.1, -0.05) is 31.4 Å². The summed E-state index contributed by atoms with van der Waals surface area (Å²) in [6.45, 7) is 7.76. The zero-order valence-corrected chi connectivity index (χ0v) is 21.2. The van der Waals surface area contributed by atoms with Crippen molar-refractivity contribution in [3.8, 4) is 0 Å². The Morgan fingerprint density at radius 2 is 1.87 bits per heavy atom. The number of rotatable bonds is 7. The van der Waals surface area contributed by atoms with Crippen molar-refractivity contribution >= 4 is 35.8 Å². The lowest BCUT2D eigenvalue weighted by Gasteiger charge is -2.48. The minimum atomic E-state index is -0.0355. The largest absolute Gasteiger partial charge is 0.379 e. The van der Waals surface area contributed by atoms with Crippen LogP contribution in [0, 0.1) is 0 Å². The molecule has 1 saturated heterocycles. The van der Waals surface area contributed by atoms with E-state index < -0.39 is 0 Å². The molecule has 1 aromatic carbocycles. The van der Waals surface area contributed by atoms with E-state index in [9.17, 15) is 4.79 Å². The van der Waals surface area contributed by atoms with Crippen molar-refractivity contribution < 1.29 is 9.53 Å². The Kier molecular flexibility index (Phi) is 11.0. The van der Waals surface area contributed by atoms with Gasteiger partial charge in [0.15, 0.2) is 5.96 Å². The van der Waals surface area contributed by atoms with Crippen LogP contribution in [-0.2, 0) is 11.3 Å². The van der Waals surface area contributed by atoms with Crippen LogP contribution in [0.15, 0.2) is 29.3 Å². The van der Waals surface area contributed by atoms with Crippen LogP contribution in [0.5, 0.6) is 0 Å². The first-order valence-corrected chi connectivity index (χ1v) is 11.3. The van der Waals surface area contributed by atoms with Crippen LogP contribution < -0.4 is 16.0 Å². The van der Waals surface area contributed by atoms with Crippen molar-refractivity contribution in [2.75, 3.05) is 46.4 Å². The molecule has 0 aromatic heterocycles. The van der Waals surface area contributed by atoms with Gasteiger partial charge in [-0.05, 0) is 37.5 Å². The lowest BCUT2D eigenvalue weighted by Crippen LogP contribution is -2.60. The van der Waals surface area contributed by atoms with Gasteiger partial charge < -0.3 is 20.7 Å². The van der Waals surface area contributed by atoms with Gasteiger partial charge in [0.05, 0.1) is 13.2 Å². The van der Waals surface area contributed by atoms with Crippen molar-refractivity contribution in [3.05, 3.63) is 35.4 Å². The zero-order valence-electron chi connectivity index (χ0n) is 18.9. The standard InChI is InChI=1S/C23H37N5O2.HI/c1-3-25-21(29)20-9-7-8-19(16-20)17-26-22(24-2)27-18-23(10-5-4-6-11-23)28-12-14-30-15-13-28;/h7-9,16H,3-6,10-15,17-18H2,1-2H3,(H,25,29)(H2,24,26,27);1H. The molecule has 3 rings (SSSR count). The fourth-order valence-electron chi connectivity index (χ4n) is 4.59. The van der Waals surface area contributed by atoms with Crippen LogP contribution in [0.1, 0.15) is 54.9 Å². The average Bonchev–Trinajstić information content (AvgIpc) is 2.81. The molecule has 0 atom stereocenters. The minimum absolute atomic E-state index is 0. The Labute approximate surface area is 203 Å². The summed E-state index contributed by atoms with van der Waals surface area (Å²) in [6.07, 6.45) is 6.37. The number of aliphatic imine (C=N–C) groups is 1. The van der Waals surface area contributed by atoms with Gasteiger partial charge in [0.1, 0.15) is 0 Å². The smallest absolute Gasteiger partial charge is 0.251 e. The first-order chi connectivity index (χ1) is 14.7. The molecule has 0 spiro atoms. The number of carbonyl (C=O) groups excluding carboxylic acids is 1. The van der Waals surface area contributed by atoms with Crippen molar-refractivity contribution in [2.24, 2.45) is 4.99 Å². The molecule has 0 unspecified atom stereocenters. The van der Waals surface area contributed by atoms with Crippen LogP contribution in [-0.4, -0.2) is 68.7 Å². The first kappa shape index (κ1) is 25.9. The maximum atomic E-state index is 12.1. The molecule has 7 nitrogen and oxygen atoms in total. The predicted molar refractivity (Wildman–Crippen MR) is 136 cm³/mol. The molecule has 3 N–H and O–H groups in total. The Hall–Kier alpha value is -1.39. The third-order valence-corrected chi connectivity index (χ3v) is 6.26. The molecule has 0 bridgehead atoms. The van der Waals surface area contributed by atoms with Gasteiger partial charge in [0.2, 0.25) is 0 Å². The molecule has 2 fully saturated rings. The molecule has 174 valence electrons. The number of ether oxygens (including phenoxy) is 1. The quantitative estimate of drug-likeness (QED) is 0.280. The van der Waals surface area contributed by atoms with Crippen LogP contribution in [0.3, 0.4) is 0 Å². The minimum Gasteiger partial charge on any atom is -0.379 e. The lowest BCUT2D eigenvalue weighted by atomic mass is 9.80. The molecule has 2 aliphatic rings. The number of amides is 1. The van der Waals surface area contributed by atoms with Gasteiger partial charge in [-0.15, -0.1) is 24.0 Å². The third kappa shape index (κ3) is 7.32. The monoisotopic (exact) mass is 543 g/mol. The number of halogens is 1. The van der Waals surface area contributed by atoms with Crippen LogP contribution in [0.4, 0.5) is 0 Å². The molecule has 0 radical (unpaired) electrons. The number of carbonyl (C=O) groups is 1. The fraction of sp³-hybridized carbons (Fsp3) is 0.652. The number of nitrogens with zero attached hydrogens (tertiary/aromatic N) is 2. The molecule has 1 saturated carbocycles. The molecule has 1 aliphatic carbocycles. The van der Waals surface area contributed by atoms with Gasteiger partial charge >= 0.3 is 0 Å². The zero-order chi connectivity index (χ0) is 21.2. The van der Waals surface area contributed by atoms with E-state index in [0.29, 0.717) is 18.7 Å². The summed E-state index contributed by atoms with van der Waals surface area (Å²) in [5, 5.41) is 9.84. The van der Waals surface area contributed by atoms with E-state index in [0.717, 1.165) is 44.4 Å². The summed E-state index contributed by atoms with van der Waals surface area (Å²) in [5.41, 5.74) is 1.94. The molecule has 1 amide bonds. The summed E-state index contributed by atoms with van der Waals surface area (Å²) in [4.78, 5) is 19.1. The molecule has 31 heavy (non-hydrogen) atoms. The van der Waals surface area contributed by atoms with E-state index in [1.165, 1.54) is 32.1 Å². The highest BCUT2D eigenvalue weighted by Gasteiger charge is 2.38. The summed E-state index contributed by atoms with van der Waals surface area (Å²) < 4.78 is 5.58. The number of guanidine groups is 1. The highest BCUT2D eigenvalue weighted by Crippen LogP contribution is 2.33. The van der Waals surface area contributed by atoms with Gasteiger partial charge in [0.25, 0.3) is 5.91 Å². The first-order valence-electron chi connectivity index (χ1n) is 11.3.